The van der Waals surface area contributed by atoms with Crippen molar-refractivity contribution >= 4 is 17.8 Å². The van der Waals surface area contributed by atoms with Crippen LogP contribution in [0.25, 0.3) is 0 Å². The van der Waals surface area contributed by atoms with Crippen LogP contribution in [-0.4, -0.2) is 35.0 Å². The van der Waals surface area contributed by atoms with Crippen molar-refractivity contribution in [2.75, 3.05) is 6.54 Å². The zero-order chi connectivity index (χ0) is 17.6. The van der Waals surface area contributed by atoms with Crippen LogP contribution in [-0.2, 0) is 14.4 Å². The predicted octanol–water partition coefficient (Wildman–Crippen LogP) is 2.22. The molecule has 2 aliphatic rings. The normalized spacial score (nSPS) is 27.6. The molecule has 2 rings (SSSR count). The van der Waals surface area contributed by atoms with Gasteiger partial charge in [0.2, 0.25) is 11.8 Å². The Kier molecular flexibility index (Phi) is 6.63. The van der Waals surface area contributed by atoms with Crippen LogP contribution in [0.15, 0.2) is 0 Å². The van der Waals surface area contributed by atoms with Crippen molar-refractivity contribution in [1.82, 2.24) is 10.6 Å². The molecule has 2 fully saturated rings. The monoisotopic (exact) mass is 338 g/mol. The summed E-state index contributed by atoms with van der Waals surface area (Å²) >= 11 is 0. The largest absolute Gasteiger partial charge is 0.480 e. The van der Waals surface area contributed by atoms with Gasteiger partial charge in [-0.05, 0) is 43.9 Å². The summed E-state index contributed by atoms with van der Waals surface area (Å²) in [5, 5.41) is 14.8. The Morgan fingerprint density at radius 2 is 1.67 bits per heavy atom. The van der Waals surface area contributed by atoms with Crippen LogP contribution in [0, 0.1) is 11.8 Å². The molecule has 0 saturated heterocycles. The SMILES string of the molecule is CC1CCC(NC(=O)CNC(=O)CCC2CCCC2)(C(=O)O)CC1. The van der Waals surface area contributed by atoms with Crippen molar-refractivity contribution in [2.24, 2.45) is 11.8 Å². The maximum Gasteiger partial charge on any atom is 0.329 e. The molecule has 0 atom stereocenters. The lowest BCUT2D eigenvalue weighted by Crippen LogP contribution is -2.58. The van der Waals surface area contributed by atoms with Gasteiger partial charge in [-0.3, -0.25) is 9.59 Å². The fourth-order valence-corrected chi connectivity index (χ4v) is 3.86. The topological polar surface area (TPSA) is 95.5 Å². The minimum absolute atomic E-state index is 0.126. The molecule has 0 aromatic heterocycles. The van der Waals surface area contributed by atoms with Crippen LogP contribution in [0.5, 0.6) is 0 Å². The van der Waals surface area contributed by atoms with Crippen molar-refractivity contribution in [3.8, 4) is 0 Å². The first kappa shape index (κ1) is 18.7. The number of hydrogen-bond donors (Lipinski definition) is 3. The third-order valence-corrected chi connectivity index (χ3v) is 5.62. The minimum atomic E-state index is -1.17. The van der Waals surface area contributed by atoms with E-state index in [1.165, 1.54) is 25.7 Å². The van der Waals surface area contributed by atoms with Gasteiger partial charge >= 0.3 is 5.97 Å². The molecule has 0 aromatic carbocycles. The summed E-state index contributed by atoms with van der Waals surface area (Å²) in [5.41, 5.74) is -1.17. The number of aliphatic carboxylic acids is 1. The van der Waals surface area contributed by atoms with Crippen molar-refractivity contribution in [3.05, 3.63) is 0 Å². The number of carbonyl (C=O) groups excluding carboxylic acids is 2. The van der Waals surface area contributed by atoms with Crippen molar-refractivity contribution in [3.63, 3.8) is 0 Å². The Hall–Kier alpha value is -1.59. The van der Waals surface area contributed by atoms with Gasteiger partial charge in [0.05, 0.1) is 6.54 Å². The van der Waals surface area contributed by atoms with E-state index in [0.29, 0.717) is 31.1 Å². The fourth-order valence-electron chi connectivity index (χ4n) is 3.86. The van der Waals surface area contributed by atoms with Crippen molar-refractivity contribution < 1.29 is 19.5 Å². The summed E-state index contributed by atoms with van der Waals surface area (Å²) in [7, 11) is 0. The summed E-state index contributed by atoms with van der Waals surface area (Å²) in [6.45, 7) is 1.95. The van der Waals surface area contributed by atoms with Crippen molar-refractivity contribution in [1.29, 1.82) is 0 Å². The van der Waals surface area contributed by atoms with Gasteiger partial charge in [0.15, 0.2) is 0 Å². The zero-order valence-corrected chi connectivity index (χ0v) is 14.6. The molecule has 2 saturated carbocycles. The molecule has 6 heteroatoms. The van der Waals surface area contributed by atoms with Crippen LogP contribution >= 0.6 is 0 Å². The molecule has 3 N–H and O–H groups in total. The van der Waals surface area contributed by atoms with Gasteiger partial charge in [-0.15, -0.1) is 0 Å². The molecular formula is C18H30N2O4. The van der Waals surface area contributed by atoms with Gasteiger partial charge in [-0.25, -0.2) is 4.79 Å². The summed E-state index contributed by atoms with van der Waals surface area (Å²) in [5.74, 6) is -0.385. The Balaban J connectivity index is 1.72. The highest BCUT2D eigenvalue weighted by Crippen LogP contribution is 2.32. The molecule has 2 amide bonds. The van der Waals surface area contributed by atoms with E-state index in [9.17, 15) is 19.5 Å². The summed E-state index contributed by atoms with van der Waals surface area (Å²) in [6.07, 6.45) is 8.72. The Labute approximate surface area is 143 Å². The number of carboxylic acids is 1. The van der Waals surface area contributed by atoms with E-state index in [4.69, 9.17) is 0 Å². The molecule has 2 aliphatic carbocycles. The molecule has 0 radical (unpaired) electrons. The first-order chi connectivity index (χ1) is 11.4. The highest BCUT2D eigenvalue weighted by Gasteiger charge is 2.42. The number of hydrogen-bond acceptors (Lipinski definition) is 3. The van der Waals surface area contributed by atoms with Gasteiger partial charge in [-0.1, -0.05) is 32.6 Å². The van der Waals surface area contributed by atoms with Crippen molar-refractivity contribution in [2.45, 2.75) is 76.7 Å². The molecule has 6 nitrogen and oxygen atoms in total. The van der Waals surface area contributed by atoms with E-state index in [1.807, 2.05) is 0 Å². The predicted molar refractivity (Wildman–Crippen MR) is 90.3 cm³/mol. The van der Waals surface area contributed by atoms with E-state index in [-0.39, 0.29) is 12.5 Å². The van der Waals surface area contributed by atoms with Crippen LogP contribution in [0.4, 0.5) is 0 Å². The smallest absolute Gasteiger partial charge is 0.329 e. The molecule has 0 bridgehead atoms. The molecule has 0 unspecified atom stereocenters. The zero-order valence-electron chi connectivity index (χ0n) is 14.6. The van der Waals surface area contributed by atoms with Gasteiger partial charge in [0.1, 0.15) is 5.54 Å². The van der Waals surface area contributed by atoms with Crippen LogP contribution in [0.1, 0.15) is 71.1 Å². The summed E-state index contributed by atoms with van der Waals surface area (Å²) in [6, 6.07) is 0. The maximum absolute atomic E-state index is 12.1. The molecule has 0 spiro atoms. The molecule has 0 aromatic rings. The minimum Gasteiger partial charge on any atom is -0.480 e. The molecule has 24 heavy (non-hydrogen) atoms. The average molecular weight is 338 g/mol. The van der Waals surface area contributed by atoms with Crippen LogP contribution < -0.4 is 10.6 Å². The number of rotatable bonds is 7. The quantitative estimate of drug-likeness (QED) is 0.663. The van der Waals surface area contributed by atoms with E-state index in [2.05, 4.69) is 17.6 Å². The standard InChI is InChI=1S/C18H30N2O4/c1-13-8-10-18(11-9-13,17(23)24)20-16(22)12-19-15(21)7-6-14-4-2-3-5-14/h13-14H,2-12H2,1H3,(H,19,21)(H,20,22)(H,23,24). The first-order valence-electron chi connectivity index (χ1n) is 9.22. The number of nitrogens with one attached hydrogen (secondary N) is 2. The Morgan fingerprint density at radius 1 is 1.04 bits per heavy atom. The van der Waals surface area contributed by atoms with Gasteiger partial charge in [0.25, 0.3) is 0 Å². The molecule has 0 heterocycles. The fraction of sp³-hybridized carbons (Fsp3) is 0.833. The summed E-state index contributed by atoms with van der Waals surface area (Å²) in [4.78, 5) is 35.5. The van der Waals surface area contributed by atoms with E-state index in [0.717, 1.165) is 19.3 Å². The average Bonchev–Trinajstić information content (AvgIpc) is 3.06. The van der Waals surface area contributed by atoms with Gasteiger partial charge in [-0.2, -0.15) is 0 Å². The van der Waals surface area contributed by atoms with Crippen LogP contribution in [0.3, 0.4) is 0 Å². The van der Waals surface area contributed by atoms with Crippen LogP contribution in [0.2, 0.25) is 0 Å². The Bertz CT molecular complexity index is 464. The van der Waals surface area contributed by atoms with Gasteiger partial charge < -0.3 is 15.7 Å². The molecule has 0 aliphatic heterocycles. The first-order valence-corrected chi connectivity index (χ1v) is 9.22. The highest BCUT2D eigenvalue weighted by molar-refractivity contribution is 5.90. The number of amides is 2. The van der Waals surface area contributed by atoms with E-state index < -0.39 is 17.4 Å². The lowest BCUT2D eigenvalue weighted by molar-refractivity contribution is -0.149. The molecular weight excluding hydrogens is 308 g/mol. The number of carbonyl (C=O) groups is 3. The van der Waals surface area contributed by atoms with E-state index >= 15 is 0 Å². The third kappa shape index (κ3) is 5.21. The lowest BCUT2D eigenvalue weighted by Gasteiger charge is -2.36. The third-order valence-electron chi connectivity index (χ3n) is 5.62. The second-order valence-electron chi connectivity index (χ2n) is 7.58. The second kappa shape index (κ2) is 8.49. The summed E-state index contributed by atoms with van der Waals surface area (Å²) < 4.78 is 0. The maximum atomic E-state index is 12.1. The van der Waals surface area contributed by atoms with E-state index in [1.54, 1.807) is 0 Å². The second-order valence-corrected chi connectivity index (χ2v) is 7.58. The lowest BCUT2D eigenvalue weighted by atomic mass is 9.77. The van der Waals surface area contributed by atoms with Gasteiger partial charge in [0, 0.05) is 6.42 Å². The molecule has 136 valence electrons. The Morgan fingerprint density at radius 3 is 2.25 bits per heavy atom. The number of carboxylic acid groups (broad SMARTS) is 1. The highest BCUT2D eigenvalue weighted by atomic mass is 16.4.